The van der Waals surface area contributed by atoms with Crippen molar-refractivity contribution < 1.29 is 4.39 Å². The highest BCUT2D eigenvalue weighted by Crippen LogP contribution is 2.36. The molecule has 0 aliphatic carbocycles. The molecule has 0 fully saturated rings. The van der Waals surface area contributed by atoms with Crippen molar-refractivity contribution in [2.75, 3.05) is 0 Å². The third-order valence-electron chi connectivity index (χ3n) is 1.77. The van der Waals surface area contributed by atoms with Gasteiger partial charge in [-0.15, -0.1) is 0 Å². The average molecular weight is 258 g/mol. The van der Waals surface area contributed by atoms with Crippen LogP contribution in [-0.2, 0) is 10.2 Å². The normalized spacial score (nSPS) is 11.9. The molecule has 0 aliphatic rings. The van der Waals surface area contributed by atoms with E-state index in [1.165, 1.54) is 0 Å². The molecule has 0 amide bonds. The summed E-state index contributed by atoms with van der Waals surface area (Å²) >= 11 is 16.6. The van der Waals surface area contributed by atoms with Gasteiger partial charge in [0, 0.05) is 11.3 Å². The highest BCUT2D eigenvalue weighted by molar-refractivity contribution is 6.66. The van der Waals surface area contributed by atoms with E-state index in [1.54, 1.807) is 6.92 Å². The Bertz CT molecular complexity index is 326. The number of hydrogen-bond acceptors (Lipinski definition) is 2. The Morgan fingerprint density at radius 1 is 1.29 bits per heavy atom. The van der Waals surface area contributed by atoms with Gasteiger partial charge in [0.25, 0.3) is 0 Å². The van der Waals surface area contributed by atoms with Crippen molar-refractivity contribution in [2.24, 2.45) is 0 Å². The van der Waals surface area contributed by atoms with E-state index in [4.69, 9.17) is 34.8 Å². The maximum atomic E-state index is 13.3. The van der Waals surface area contributed by atoms with Crippen molar-refractivity contribution in [3.05, 3.63) is 23.0 Å². The molecule has 0 aliphatic heterocycles. The largest absolute Gasteiger partial charge is 0.250 e. The molecule has 0 saturated heterocycles. The highest BCUT2D eigenvalue weighted by atomic mass is 35.6. The number of alkyl halides is 3. The summed E-state index contributed by atoms with van der Waals surface area (Å²) < 4.78 is 11.5. The molecule has 0 N–H and O–H groups in total. The monoisotopic (exact) mass is 256 g/mol. The van der Waals surface area contributed by atoms with Crippen molar-refractivity contribution in [3.63, 3.8) is 0 Å². The van der Waals surface area contributed by atoms with E-state index in [1.807, 2.05) is 6.92 Å². The van der Waals surface area contributed by atoms with Crippen molar-refractivity contribution in [1.82, 2.24) is 9.97 Å². The Kier molecular flexibility index (Phi) is 3.56. The maximum Gasteiger partial charge on any atom is 0.250 e. The minimum Gasteiger partial charge on any atom is -0.233 e. The van der Waals surface area contributed by atoms with Crippen LogP contribution in [0.4, 0.5) is 4.39 Å². The molecule has 0 aromatic carbocycles. The van der Waals surface area contributed by atoms with Gasteiger partial charge in [-0.2, -0.15) is 9.37 Å². The number of aromatic nitrogens is 2. The van der Waals surface area contributed by atoms with Gasteiger partial charge in [-0.05, 0) is 13.3 Å². The van der Waals surface area contributed by atoms with Crippen molar-refractivity contribution >= 4 is 34.8 Å². The molecule has 0 atom stereocenters. The van der Waals surface area contributed by atoms with E-state index in [9.17, 15) is 4.39 Å². The fourth-order valence-electron chi connectivity index (χ4n) is 1.09. The van der Waals surface area contributed by atoms with Gasteiger partial charge in [0.15, 0.2) is 5.82 Å². The van der Waals surface area contributed by atoms with E-state index in [2.05, 4.69) is 9.97 Å². The third-order valence-corrected chi connectivity index (χ3v) is 2.28. The summed E-state index contributed by atoms with van der Waals surface area (Å²) in [5, 5.41) is 0. The summed E-state index contributed by atoms with van der Waals surface area (Å²) in [6, 6.07) is 0. The van der Waals surface area contributed by atoms with Gasteiger partial charge in [-0.25, -0.2) is 4.98 Å². The summed E-state index contributed by atoms with van der Waals surface area (Å²) in [5.41, 5.74) is 0.948. The van der Waals surface area contributed by atoms with Crippen molar-refractivity contribution in [3.8, 4) is 0 Å². The van der Waals surface area contributed by atoms with E-state index in [0.717, 1.165) is 0 Å². The van der Waals surface area contributed by atoms with E-state index in [0.29, 0.717) is 17.7 Å². The highest BCUT2D eigenvalue weighted by Gasteiger charge is 2.28. The van der Waals surface area contributed by atoms with Crippen LogP contribution in [0, 0.1) is 12.9 Å². The summed E-state index contributed by atoms with van der Waals surface area (Å²) in [6.07, 6.45) is 0.512. The van der Waals surface area contributed by atoms with Gasteiger partial charge >= 0.3 is 0 Å². The van der Waals surface area contributed by atoms with E-state index in [-0.39, 0.29) is 5.82 Å². The first kappa shape index (κ1) is 12.0. The Morgan fingerprint density at radius 3 is 2.21 bits per heavy atom. The Balaban J connectivity index is 3.28. The fourth-order valence-corrected chi connectivity index (χ4v) is 1.34. The molecular weight excluding hydrogens is 249 g/mol. The van der Waals surface area contributed by atoms with Gasteiger partial charge in [0.1, 0.15) is 0 Å². The third kappa shape index (κ3) is 2.47. The molecule has 1 heterocycles. The van der Waals surface area contributed by atoms with Crippen LogP contribution in [0.25, 0.3) is 0 Å². The molecule has 1 rings (SSSR count). The van der Waals surface area contributed by atoms with Gasteiger partial charge < -0.3 is 0 Å². The van der Waals surface area contributed by atoms with E-state index >= 15 is 0 Å². The van der Waals surface area contributed by atoms with Gasteiger partial charge in [-0.1, -0.05) is 41.7 Å². The van der Waals surface area contributed by atoms with E-state index < -0.39 is 9.74 Å². The number of halogens is 4. The lowest BCUT2D eigenvalue weighted by atomic mass is 10.2. The average Bonchev–Trinajstić information content (AvgIpc) is 2.01. The second kappa shape index (κ2) is 4.17. The Hall–Kier alpha value is -0.120. The lowest BCUT2D eigenvalue weighted by molar-refractivity contribution is 0.552. The van der Waals surface area contributed by atoms with Crippen LogP contribution in [0.5, 0.6) is 0 Å². The number of nitrogens with zero attached hydrogens (tertiary/aromatic N) is 2. The predicted octanol–water partition coefficient (Wildman–Crippen LogP) is 3.31. The standard InChI is InChI=1S/C8H8Cl3FN2/c1-3-5-4(2)13-7(8(9,10)11)14-6(5)12/h3H2,1-2H3. The number of rotatable bonds is 1. The summed E-state index contributed by atoms with van der Waals surface area (Å²) in [4.78, 5) is 7.43. The summed E-state index contributed by atoms with van der Waals surface area (Å²) in [6.45, 7) is 3.47. The quantitative estimate of drug-likeness (QED) is 0.570. The smallest absolute Gasteiger partial charge is 0.233 e. The minimum absolute atomic E-state index is 0.130. The Morgan fingerprint density at radius 2 is 1.86 bits per heavy atom. The Labute approximate surface area is 96.4 Å². The van der Waals surface area contributed by atoms with Gasteiger partial charge in [0.2, 0.25) is 9.74 Å². The summed E-state index contributed by atoms with van der Waals surface area (Å²) in [5.74, 6) is -0.754. The molecule has 0 spiro atoms. The molecule has 1 aromatic heterocycles. The van der Waals surface area contributed by atoms with Gasteiger partial charge in [0.05, 0.1) is 0 Å². The lowest BCUT2D eigenvalue weighted by Gasteiger charge is -2.11. The molecule has 78 valence electrons. The lowest BCUT2D eigenvalue weighted by Crippen LogP contribution is -2.12. The molecular formula is C8H8Cl3FN2. The number of hydrogen-bond donors (Lipinski definition) is 0. The summed E-state index contributed by atoms with van der Waals surface area (Å²) in [7, 11) is 0. The van der Waals surface area contributed by atoms with Crippen LogP contribution < -0.4 is 0 Å². The molecule has 0 unspecified atom stereocenters. The van der Waals surface area contributed by atoms with Gasteiger partial charge in [-0.3, -0.25) is 0 Å². The van der Waals surface area contributed by atoms with Crippen LogP contribution in [0.3, 0.4) is 0 Å². The second-order valence-electron chi connectivity index (χ2n) is 2.75. The first-order valence-corrected chi connectivity index (χ1v) is 5.09. The molecule has 0 saturated carbocycles. The zero-order valence-corrected chi connectivity index (χ0v) is 9.88. The molecule has 0 radical (unpaired) electrons. The van der Waals surface area contributed by atoms with Crippen LogP contribution >= 0.6 is 34.8 Å². The predicted molar refractivity (Wildman–Crippen MR) is 55.3 cm³/mol. The first-order chi connectivity index (χ1) is 6.36. The van der Waals surface area contributed by atoms with Crippen LogP contribution in [0.2, 0.25) is 0 Å². The van der Waals surface area contributed by atoms with Crippen molar-refractivity contribution in [1.29, 1.82) is 0 Å². The first-order valence-electron chi connectivity index (χ1n) is 3.96. The second-order valence-corrected chi connectivity index (χ2v) is 5.03. The van der Waals surface area contributed by atoms with Crippen LogP contribution in [0.15, 0.2) is 0 Å². The molecule has 1 aromatic rings. The fraction of sp³-hybridized carbons (Fsp3) is 0.500. The zero-order valence-electron chi connectivity index (χ0n) is 7.61. The SMILES string of the molecule is CCc1c(C)nc(C(Cl)(Cl)Cl)nc1F. The van der Waals surface area contributed by atoms with Crippen molar-refractivity contribution in [2.45, 2.75) is 24.1 Å². The molecule has 0 bridgehead atoms. The topological polar surface area (TPSA) is 25.8 Å². The molecule has 14 heavy (non-hydrogen) atoms. The zero-order chi connectivity index (χ0) is 10.9. The number of aryl methyl sites for hydroxylation is 1. The molecule has 2 nitrogen and oxygen atoms in total. The van der Waals surface area contributed by atoms with Crippen LogP contribution in [0.1, 0.15) is 24.0 Å². The van der Waals surface area contributed by atoms with Crippen LogP contribution in [-0.4, -0.2) is 9.97 Å². The minimum atomic E-state index is -1.78. The molecule has 6 heteroatoms. The maximum absolute atomic E-state index is 13.3.